The summed E-state index contributed by atoms with van der Waals surface area (Å²) in [5.41, 5.74) is 3.60. The summed E-state index contributed by atoms with van der Waals surface area (Å²) < 4.78 is 42.0. The van der Waals surface area contributed by atoms with E-state index in [2.05, 4.69) is 21.8 Å². The summed E-state index contributed by atoms with van der Waals surface area (Å²) in [6, 6.07) is 11.6. The van der Waals surface area contributed by atoms with Crippen LogP contribution >= 0.6 is 11.6 Å². The molecule has 41 heavy (non-hydrogen) atoms. The van der Waals surface area contributed by atoms with Crippen LogP contribution in [0.3, 0.4) is 0 Å². The van der Waals surface area contributed by atoms with E-state index in [1.54, 1.807) is 13.2 Å². The fourth-order valence-corrected chi connectivity index (χ4v) is 10.3. The van der Waals surface area contributed by atoms with Crippen LogP contribution in [0.1, 0.15) is 72.9 Å². The molecule has 1 unspecified atom stereocenters. The summed E-state index contributed by atoms with van der Waals surface area (Å²) in [6.45, 7) is 2.17. The molecule has 220 valence electrons. The molecular formula is C32H39ClN2O5S. The van der Waals surface area contributed by atoms with Crippen LogP contribution in [0.2, 0.25) is 5.02 Å². The second-order valence-corrected chi connectivity index (χ2v) is 15.4. The third kappa shape index (κ3) is 4.84. The summed E-state index contributed by atoms with van der Waals surface area (Å²) in [4.78, 5) is 15.8. The van der Waals surface area contributed by atoms with E-state index in [1.165, 1.54) is 11.1 Å². The molecule has 2 fully saturated rings. The van der Waals surface area contributed by atoms with Gasteiger partial charge in [0.1, 0.15) is 5.75 Å². The number of fused-ring (bicyclic) bond motifs is 6. The number of hydrogen-bond donors (Lipinski definition) is 1. The first-order chi connectivity index (χ1) is 19.8. The normalized spacial score (nSPS) is 34.1. The van der Waals surface area contributed by atoms with Crippen molar-refractivity contribution in [3.63, 3.8) is 0 Å². The quantitative estimate of drug-likeness (QED) is 0.468. The second-order valence-electron chi connectivity index (χ2n) is 13.0. The van der Waals surface area contributed by atoms with Crippen molar-refractivity contribution in [3.8, 4) is 5.75 Å². The number of carbonyl (C=O) groups is 1. The lowest BCUT2D eigenvalue weighted by atomic mass is 9.65. The first-order valence-corrected chi connectivity index (χ1v) is 17.1. The minimum absolute atomic E-state index is 0.0194. The second kappa shape index (κ2) is 10.5. The van der Waals surface area contributed by atoms with E-state index >= 15 is 0 Å². The molecule has 1 amide bonds. The Morgan fingerprint density at radius 1 is 1.07 bits per heavy atom. The number of benzene rings is 2. The van der Waals surface area contributed by atoms with Crippen molar-refractivity contribution in [1.82, 2.24) is 4.72 Å². The van der Waals surface area contributed by atoms with Crippen molar-refractivity contribution < 1.29 is 22.7 Å². The zero-order valence-electron chi connectivity index (χ0n) is 23.6. The van der Waals surface area contributed by atoms with Crippen LogP contribution in [0, 0.1) is 17.8 Å². The largest absolute Gasteiger partial charge is 0.490 e. The van der Waals surface area contributed by atoms with Gasteiger partial charge in [0.25, 0.3) is 5.91 Å². The highest BCUT2D eigenvalue weighted by Crippen LogP contribution is 2.48. The van der Waals surface area contributed by atoms with Gasteiger partial charge < -0.3 is 14.4 Å². The van der Waals surface area contributed by atoms with E-state index in [0.29, 0.717) is 36.8 Å². The topological polar surface area (TPSA) is 84.9 Å². The molecule has 9 heteroatoms. The Hall–Kier alpha value is -2.29. The molecule has 2 aromatic rings. The number of amides is 1. The van der Waals surface area contributed by atoms with Gasteiger partial charge in [0.05, 0.1) is 23.6 Å². The Kier molecular flexibility index (Phi) is 7.02. The molecule has 7 nitrogen and oxygen atoms in total. The third-order valence-corrected chi connectivity index (χ3v) is 12.7. The van der Waals surface area contributed by atoms with Crippen LogP contribution in [0.25, 0.3) is 0 Å². The van der Waals surface area contributed by atoms with E-state index in [-0.39, 0.29) is 17.4 Å². The molecule has 2 aliphatic heterocycles. The van der Waals surface area contributed by atoms with Gasteiger partial charge >= 0.3 is 0 Å². The third-order valence-electron chi connectivity index (χ3n) is 10.7. The van der Waals surface area contributed by atoms with E-state index < -0.39 is 21.2 Å². The van der Waals surface area contributed by atoms with Crippen molar-refractivity contribution in [2.45, 2.75) is 74.6 Å². The highest BCUT2D eigenvalue weighted by Gasteiger charge is 2.47. The Morgan fingerprint density at radius 3 is 2.76 bits per heavy atom. The average molecular weight is 599 g/mol. The minimum atomic E-state index is -3.82. The Morgan fingerprint density at radius 2 is 1.95 bits per heavy atom. The van der Waals surface area contributed by atoms with Crippen molar-refractivity contribution >= 4 is 33.2 Å². The molecule has 5 aliphatic rings. The standard InChI is InChI=1S/C32H39ClN2O5S/c1-39-30-21-4-2-6-25(15-21)41(37,38)34-31(36)22-8-12-29-28(16-22)35(17-23-7-10-26(23)30)18-32(19-40-29)13-3-5-20-14-24(33)9-11-27(20)32/h8-9,11-12,14,16,21,23,25-26,30H,2-7,10,13,15,17-19H2,1H3,(H,34,36)/t21-,23-,25?,26+,30-,32-/m0/s1. The number of rotatable bonds is 1. The predicted molar refractivity (Wildman–Crippen MR) is 159 cm³/mol. The fraction of sp³-hybridized carbons (Fsp3) is 0.594. The van der Waals surface area contributed by atoms with E-state index in [4.69, 9.17) is 21.1 Å². The van der Waals surface area contributed by atoms with Crippen LogP contribution in [-0.4, -0.2) is 52.5 Å². The zero-order valence-corrected chi connectivity index (χ0v) is 25.2. The molecule has 0 radical (unpaired) electrons. The summed E-state index contributed by atoms with van der Waals surface area (Å²) >= 11 is 6.41. The molecule has 2 saturated carbocycles. The van der Waals surface area contributed by atoms with Crippen LogP contribution in [-0.2, 0) is 26.6 Å². The van der Waals surface area contributed by atoms with E-state index in [0.717, 1.165) is 74.5 Å². The minimum Gasteiger partial charge on any atom is -0.490 e. The number of aryl methyl sites for hydroxylation is 1. The molecule has 0 saturated heterocycles. The van der Waals surface area contributed by atoms with Crippen molar-refractivity contribution in [2.75, 3.05) is 31.7 Å². The first kappa shape index (κ1) is 27.5. The number of nitrogens with one attached hydrogen (secondary N) is 1. The Balaban J connectivity index is 1.32. The van der Waals surface area contributed by atoms with E-state index in [1.807, 2.05) is 18.2 Å². The van der Waals surface area contributed by atoms with Crippen molar-refractivity contribution in [1.29, 1.82) is 0 Å². The first-order valence-electron chi connectivity index (χ1n) is 15.2. The number of carbonyl (C=O) groups excluding carboxylic acids is 1. The van der Waals surface area contributed by atoms with Crippen LogP contribution < -0.4 is 14.4 Å². The molecule has 4 bridgehead atoms. The monoisotopic (exact) mass is 598 g/mol. The lowest BCUT2D eigenvalue weighted by Gasteiger charge is -2.48. The molecule has 1 spiro atoms. The van der Waals surface area contributed by atoms with Gasteiger partial charge in [-0.05, 0) is 111 Å². The number of anilines is 1. The summed E-state index contributed by atoms with van der Waals surface area (Å²) in [6.07, 6.45) is 8.21. The number of methoxy groups -OCH3 is 1. The van der Waals surface area contributed by atoms with E-state index in [9.17, 15) is 13.2 Å². The molecular weight excluding hydrogens is 560 g/mol. The molecule has 7 rings (SSSR count). The SMILES string of the molecule is CO[C@H]1[C@H]2CCCC(C2)S(=O)(=O)NC(=O)c2ccc3c(c2)N(C[C@@H]2CC[C@H]21)C[C@@]1(CCCc2cc(Cl)ccc21)CO3. The molecule has 6 atom stereocenters. The summed E-state index contributed by atoms with van der Waals surface area (Å²) in [5.74, 6) is 1.14. The van der Waals surface area contributed by atoms with Crippen LogP contribution in [0.15, 0.2) is 36.4 Å². The number of hydrogen-bond acceptors (Lipinski definition) is 6. The van der Waals surface area contributed by atoms with Gasteiger partial charge in [-0.3, -0.25) is 4.79 Å². The van der Waals surface area contributed by atoms with Gasteiger partial charge in [0, 0.05) is 36.2 Å². The zero-order chi connectivity index (χ0) is 28.4. The van der Waals surface area contributed by atoms with Gasteiger partial charge in [-0.15, -0.1) is 0 Å². The molecule has 1 N–H and O–H groups in total. The highest BCUT2D eigenvalue weighted by molar-refractivity contribution is 7.90. The van der Waals surface area contributed by atoms with Crippen molar-refractivity contribution in [2.24, 2.45) is 17.8 Å². The maximum absolute atomic E-state index is 13.4. The Bertz CT molecular complexity index is 1460. The van der Waals surface area contributed by atoms with Gasteiger partial charge in [0.15, 0.2) is 0 Å². The summed E-state index contributed by atoms with van der Waals surface area (Å²) in [7, 11) is -2.04. The molecule has 2 heterocycles. The van der Waals surface area contributed by atoms with Crippen LogP contribution in [0.5, 0.6) is 5.75 Å². The van der Waals surface area contributed by atoms with Crippen molar-refractivity contribution in [3.05, 3.63) is 58.1 Å². The van der Waals surface area contributed by atoms with Gasteiger partial charge in [-0.1, -0.05) is 24.1 Å². The number of sulfonamides is 1. The number of nitrogens with zero attached hydrogens (tertiary/aromatic N) is 1. The summed E-state index contributed by atoms with van der Waals surface area (Å²) in [5, 5.41) is 0.181. The number of ether oxygens (including phenoxy) is 2. The van der Waals surface area contributed by atoms with Gasteiger partial charge in [0.2, 0.25) is 10.0 Å². The molecule has 0 aromatic heterocycles. The van der Waals surface area contributed by atoms with Gasteiger partial charge in [-0.2, -0.15) is 0 Å². The maximum Gasteiger partial charge on any atom is 0.264 e. The molecule has 2 aromatic carbocycles. The Labute approximate surface area is 248 Å². The highest BCUT2D eigenvalue weighted by atomic mass is 35.5. The van der Waals surface area contributed by atoms with Crippen LogP contribution in [0.4, 0.5) is 5.69 Å². The molecule has 3 aliphatic carbocycles. The smallest absolute Gasteiger partial charge is 0.264 e. The maximum atomic E-state index is 13.4. The predicted octanol–water partition coefficient (Wildman–Crippen LogP) is 5.49. The fourth-order valence-electron chi connectivity index (χ4n) is 8.54. The van der Waals surface area contributed by atoms with Gasteiger partial charge in [-0.25, -0.2) is 13.1 Å². The average Bonchev–Trinajstić information content (AvgIpc) is 3.10. The number of halogens is 1. The lowest BCUT2D eigenvalue weighted by molar-refractivity contribution is -0.0589. The lowest BCUT2D eigenvalue weighted by Crippen LogP contribution is -2.51.